The second-order valence-electron chi connectivity index (χ2n) is 7.63. The number of hydrogen-bond acceptors (Lipinski definition) is 6. The van der Waals surface area contributed by atoms with Gasteiger partial charge in [0.15, 0.2) is 11.5 Å². The zero-order valence-corrected chi connectivity index (χ0v) is 19.4. The highest BCUT2D eigenvalue weighted by Gasteiger charge is 2.24. The number of piperazine rings is 1. The Bertz CT molecular complexity index is 1310. The highest BCUT2D eigenvalue weighted by atomic mass is 35.5. The lowest BCUT2D eigenvalue weighted by molar-refractivity contribution is -0.132. The Hall–Kier alpha value is -3.30. The molecule has 1 saturated heterocycles. The summed E-state index contributed by atoms with van der Waals surface area (Å²) >= 11 is 12.3. The van der Waals surface area contributed by atoms with Crippen molar-refractivity contribution in [2.24, 2.45) is 0 Å². The Labute approximate surface area is 200 Å². The largest absolute Gasteiger partial charge is 0.495 e. The molecule has 0 bridgehead atoms. The highest BCUT2D eigenvalue weighted by Crippen LogP contribution is 2.30. The lowest BCUT2D eigenvalue weighted by atomic mass is 10.2. The summed E-state index contributed by atoms with van der Waals surface area (Å²) in [5.41, 5.74) is 2.23. The normalized spacial score (nSPS) is 14.2. The minimum Gasteiger partial charge on any atom is -0.495 e. The molecule has 1 aliphatic heterocycles. The summed E-state index contributed by atoms with van der Waals surface area (Å²) in [6.45, 7) is 2.73. The second kappa shape index (κ2) is 8.92. The SMILES string of the molecule is COc1cc(N2CCN(C(=O)Cn3nc(-c4nccn4Cl)c4cccnc43)CC2)ccc1Cl. The summed E-state index contributed by atoms with van der Waals surface area (Å²) in [5.74, 6) is 1.13. The van der Waals surface area contributed by atoms with E-state index < -0.39 is 0 Å². The number of imidazole rings is 1. The maximum absolute atomic E-state index is 13.1. The van der Waals surface area contributed by atoms with Gasteiger partial charge in [0, 0.05) is 68.3 Å². The minimum atomic E-state index is -0.0147. The number of halogens is 2. The van der Waals surface area contributed by atoms with E-state index in [1.165, 1.54) is 4.09 Å². The number of ether oxygens (including phenoxy) is 1. The average Bonchev–Trinajstić information content (AvgIpc) is 3.42. The van der Waals surface area contributed by atoms with Gasteiger partial charge >= 0.3 is 0 Å². The lowest BCUT2D eigenvalue weighted by Crippen LogP contribution is -2.49. The molecule has 0 N–H and O–H groups in total. The molecule has 0 unspecified atom stereocenters. The van der Waals surface area contributed by atoms with Crippen LogP contribution in [0.5, 0.6) is 5.75 Å². The van der Waals surface area contributed by atoms with E-state index in [4.69, 9.17) is 28.1 Å². The molecular weight excluding hydrogens is 465 g/mol. The standard InChI is InChI=1S/C22H21Cl2N7O2/c1-33-18-13-15(4-5-17(18)23)28-9-11-29(12-10-28)19(32)14-31-21-16(3-2-6-25-21)20(27-31)22-26-7-8-30(22)24/h2-8,13H,9-12,14H2,1H3. The quantitative estimate of drug-likeness (QED) is 0.431. The van der Waals surface area contributed by atoms with Crippen LogP contribution >= 0.6 is 23.4 Å². The van der Waals surface area contributed by atoms with Crippen LogP contribution < -0.4 is 9.64 Å². The second-order valence-corrected chi connectivity index (χ2v) is 8.40. The molecule has 0 saturated carbocycles. The van der Waals surface area contributed by atoms with E-state index in [0.717, 1.165) is 11.1 Å². The van der Waals surface area contributed by atoms with Gasteiger partial charge in [0.1, 0.15) is 18.0 Å². The third-order valence-electron chi connectivity index (χ3n) is 5.73. The summed E-state index contributed by atoms with van der Waals surface area (Å²) in [5, 5.41) is 5.99. The number of carbonyl (C=O) groups is 1. The van der Waals surface area contributed by atoms with Crippen LogP contribution in [-0.2, 0) is 11.3 Å². The predicted molar refractivity (Wildman–Crippen MR) is 127 cm³/mol. The molecule has 1 fully saturated rings. The molecule has 9 nitrogen and oxygen atoms in total. The molecule has 3 aromatic heterocycles. The predicted octanol–water partition coefficient (Wildman–Crippen LogP) is 3.31. The number of rotatable bonds is 5. The van der Waals surface area contributed by atoms with E-state index in [1.807, 2.05) is 35.2 Å². The van der Waals surface area contributed by atoms with Crippen molar-refractivity contribution in [2.45, 2.75) is 6.54 Å². The van der Waals surface area contributed by atoms with E-state index in [-0.39, 0.29) is 12.5 Å². The third kappa shape index (κ3) is 4.09. The molecule has 0 spiro atoms. The van der Waals surface area contributed by atoms with Crippen molar-refractivity contribution < 1.29 is 9.53 Å². The number of hydrogen-bond donors (Lipinski definition) is 0. The van der Waals surface area contributed by atoms with E-state index in [9.17, 15) is 4.79 Å². The van der Waals surface area contributed by atoms with Crippen LogP contribution in [0.15, 0.2) is 48.9 Å². The summed E-state index contributed by atoms with van der Waals surface area (Å²) < 4.78 is 8.32. The number of amides is 1. The van der Waals surface area contributed by atoms with Crippen molar-refractivity contribution in [3.63, 3.8) is 0 Å². The van der Waals surface area contributed by atoms with Crippen molar-refractivity contribution in [3.05, 3.63) is 53.9 Å². The monoisotopic (exact) mass is 485 g/mol. The van der Waals surface area contributed by atoms with Gasteiger partial charge in [0.25, 0.3) is 0 Å². The lowest BCUT2D eigenvalue weighted by Gasteiger charge is -2.36. The Morgan fingerprint density at radius 2 is 1.94 bits per heavy atom. The zero-order chi connectivity index (χ0) is 22.9. The Morgan fingerprint density at radius 3 is 2.67 bits per heavy atom. The topological polar surface area (TPSA) is 81.3 Å². The van der Waals surface area contributed by atoms with Crippen molar-refractivity contribution >= 4 is 46.0 Å². The zero-order valence-electron chi connectivity index (χ0n) is 17.9. The van der Waals surface area contributed by atoms with E-state index >= 15 is 0 Å². The molecular formula is C22H21Cl2N7O2. The molecule has 4 heterocycles. The molecule has 11 heteroatoms. The summed E-state index contributed by atoms with van der Waals surface area (Å²) in [6.07, 6.45) is 4.92. The number of pyridine rings is 1. The molecule has 5 rings (SSSR count). The van der Waals surface area contributed by atoms with Crippen LogP contribution in [0.1, 0.15) is 0 Å². The van der Waals surface area contributed by atoms with Gasteiger partial charge in [0.05, 0.1) is 17.5 Å². The van der Waals surface area contributed by atoms with Gasteiger partial charge in [-0.2, -0.15) is 5.10 Å². The minimum absolute atomic E-state index is 0.0147. The van der Waals surface area contributed by atoms with Crippen LogP contribution in [-0.4, -0.2) is 67.9 Å². The smallest absolute Gasteiger partial charge is 0.244 e. The van der Waals surface area contributed by atoms with Gasteiger partial charge in [-0.25, -0.2) is 18.7 Å². The molecule has 0 atom stereocenters. The number of nitrogens with zero attached hydrogens (tertiary/aromatic N) is 7. The molecule has 0 aliphatic carbocycles. The van der Waals surface area contributed by atoms with Crippen molar-refractivity contribution in [3.8, 4) is 17.3 Å². The molecule has 1 amide bonds. The number of benzene rings is 1. The van der Waals surface area contributed by atoms with Gasteiger partial charge in [-0.3, -0.25) is 4.79 Å². The molecule has 4 aromatic rings. The molecule has 33 heavy (non-hydrogen) atoms. The number of aromatic nitrogens is 5. The molecule has 1 aromatic carbocycles. The Balaban J connectivity index is 1.31. The third-order valence-corrected chi connectivity index (χ3v) is 6.32. The summed E-state index contributed by atoms with van der Waals surface area (Å²) in [7, 11) is 1.60. The van der Waals surface area contributed by atoms with Crippen LogP contribution in [0.2, 0.25) is 5.02 Å². The fourth-order valence-electron chi connectivity index (χ4n) is 4.02. The van der Waals surface area contributed by atoms with Gasteiger partial charge in [-0.05, 0) is 24.3 Å². The van der Waals surface area contributed by atoms with Crippen LogP contribution in [0, 0.1) is 0 Å². The first-order valence-electron chi connectivity index (χ1n) is 10.4. The van der Waals surface area contributed by atoms with Gasteiger partial charge < -0.3 is 14.5 Å². The fraction of sp³-hybridized carbons (Fsp3) is 0.273. The molecule has 170 valence electrons. The van der Waals surface area contributed by atoms with Crippen molar-refractivity contribution in [1.29, 1.82) is 0 Å². The summed E-state index contributed by atoms with van der Waals surface area (Å²) in [4.78, 5) is 25.9. The van der Waals surface area contributed by atoms with Crippen molar-refractivity contribution in [1.82, 2.24) is 28.7 Å². The van der Waals surface area contributed by atoms with Crippen molar-refractivity contribution in [2.75, 3.05) is 38.2 Å². The van der Waals surface area contributed by atoms with Crippen LogP contribution in [0.4, 0.5) is 5.69 Å². The first-order valence-corrected chi connectivity index (χ1v) is 11.1. The van der Waals surface area contributed by atoms with Crippen LogP contribution in [0.25, 0.3) is 22.6 Å². The van der Waals surface area contributed by atoms with E-state index in [1.54, 1.807) is 30.4 Å². The Morgan fingerprint density at radius 1 is 1.12 bits per heavy atom. The Kier molecular flexibility index (Phi) is 5.82. The van der Waals surface area contributed by atoms with Crippen LogP contribution in [0.3, 0.4) is 0 Å². The maximum Gasteiger partial charge on any atom is 0.244 e. The maximum atomic E-state index is 13.1. The van der Waals surface area contributed by atoms with Gasteiger partial charge in [0.2, 0.25) is 5.91 Å². The molecule has 1 aliphatic rings. The van der Waals surface area contributed by atoms with E-state index in [2.05, 4.69) is 20.0 Å². The molecule has 0 radical (unpaired) electrons. The average molecular weight is 486 g/mol. The summed E-state index contributed by atoms with van der Waals surface area (Å²) in [6, 6.07) is 9.44. The first-order chi connectivity index (χ1) is 16.0. The number of carbonyl (C=O) groups excluding carboxylic acids is 1. The number of anilines is 1. The van der Waals surface area contributed by atoms with E-state index in [0.29, 0.717) is 54.1 Å². The highest BCUT2D eigenvalue weighted by molar-refractivity contribution is 6.32. The first kappa shape index (κ1) is 21.5. The number of fused-ring (bicyclic) bond motifs is 1. The van der Waals surface area contributed by atoms with Gasteiger partial charge in [-0.1, -0.05) is 11.6 Å². The fourth-order valence-corrected chi connectivity index (χ4v) is 4.39. The number of methoxy groups -OCH3 is 1. The van der Waals surface area contributed by atoms with Gasteiger partial charge in [-0.15, -0.1) is 0 Å².